The Morgan fingerprint density at radius 3 is 2.44 bits per heavy atom. The number of rotatable bonds is 4. The third kappa shape index (κ3) is 3.01. The van der Waals surface area contributed by atoms with Gasteiger partial charge in [0.1, 0.15) is 0 Å². The van der Waals surface area contributed by atoms with E-state index in [0.29, 0.717) is 0 Å². The van der Waals surface area contributed by atoms with E-state index in [4.69, 9.17) is 4.74 Å². The van der Waals surface area contributed by atoms with Gasteiger partial charge in [-0.2, -0.15) is 0 Å². The molecule has 0 aromatic heterocycles. The van der Waals surface area contributed by atoms with Gasteiger partial charge in [0.05, 0.1) is 5.60 Å². The zero-order valence-electron chi connectivity index (χ0n) is 5.98. The lowest BCUT2D eigenvalue weighted by Crippen LogP contribution is -2.27. The van der Waals surface area contributed by atoms with Crippen LogP contribution in [0, 0.1) is 0 Å². The fourth-order valence-electron chi connectivity index (χ4n) is 0.482. The third-order valence-electron chi connectivity index (χ3n) is 1.17. The molecule has 0 rings (SSSR count). The van der Waals surface area contributed by atoms with Crippen molar-refractivity contribution in [3.05, 3.63) is 12.7 Å². The van der Waals surface area contributed by atoms with E-state index in [2.05, 4.69) is 22.5 Å². The maximum absolute atomic E-state index is 5.36. The van der Waals surface area contributed by atoms with Gasteiger partial charge in [-0.3, -0.25) is 0 Å². The standard InChI is InChI=1S/C7H13BrO/c1-4-7(3,6-8)9-5-2/h4H,1,5-6H2,2-3H3. The minimum Gasteiger partial charge on any atom is -0.371 e. The predicted octanol–water partition coefficient (Wildman–Crippen LogP) is 2.36. The zero-order valence-corrected chi connectivity index (χ0v) is 7.57. The number of alkyl halides is 1. The molecule has 0 bridgehead atoms. The highest BCUT2D eigenvalue weighted by Crippen LogP contribution is 2.13. The third-order valence-corrected chi connectivity index (χ3v) is 2.28. The van der Waals surface area contributed by atoms with Crippen molar-refractivity contribution in [1.29, 1.82) is 0 Å². The van der Waals surface area contributed by atoms with Gasteiger partial charge in [-0.05, 0) is 13.8 Å². The van der Waals surface area contributed by atoms with Crippen molar-refractivity contribution in [3.63, 3.8) is 0 Å². The Bertz CT molecular complexity index is 92.9. The topological polar surface area (TPSA) is 9.23 Å². The molecule has 1 atom stereocenters. The van der Waals surface area contributed by atoms with Gasteiger partial charge in [0.25, 0.3) is 0 Å². The molecule has 0 saturated heterocycles. The number of hydrogen-bond donors (Lipinski definition) is 0. The maximum Gasteiger partial charge on any atom is 0.0928 e. The van der Waals surface area contributed by atoms with Gasteiger partial charge in [0, 0.05) is 11.9 Å². The molecule has 2 heteroatoms. The average molecular weight is 193 g/mol. The van der Waals surface area contributed by atoms with Gasteiger partial charge >= 0.3 is 0 Å². The Morgan fingerprint density at radius 1 is 1.78 bits per heavy atom. The van der Waals surface area contributed by atoms with E-state index in [1.54, 1.807) is 0 Å². The van der Waals surface area contributed by atoms with E-state index in [-0.39, 0.29) is 5.60 Å². The molecule has 1 unspecified atom stereocenters. The summed E-state index contributed by atoms with van der Waals surface area (Å²) in [6.07, 6.45) is 1.81. The second-order valence-corrected chi connectivity index (χ2v) is 2.64. The summed E-state index contributed by atoms with van der Waals surface area (Å²) in [6, 6.07) is 0. The highest BCUT2D eigenvalue weighted by atomic mass is 79.9. The molecule has 0 saturated carbocycles. The van der Waals surface area contributed by atoms with Crippen molar-refractivity contribution in [2.24, 2.45) is 0 Å². The summed E-state index contributed by atoms with van der Waals surface area (Å²) < 4.78 is 5.36. The molecule has 0 fully saturated rings. The Hall–Kier alpha value is 0.180. The summed E-state index contributed by atoms with van der Waals surface area (Å²) in [5.41, 5.74) is -0.186. The van der Waals surface area contributed by atoms with Gasteiger partial charge in [-0.25, -0.2) is 0 Å². The molecule has 0 N–H and O–H groups in total. The van der Waals surface area contributed by atoms with Crippen molar-refractivity contribution in [2.45, 2.75) is 19.4 Å². The van der Waals surface area contributed by atoms with Crippen LogP contribution in [0.3, 0.4) is 0 Å². The molecule has 0 radical (unpaired) electrons. The highest BCUT2D eigenvalue weighted by molar-refractivity contribution is 9.09. The van der Waals surface area contributed by atoms with Crippen LogP contribution >= 0.6 is 15.9 Å². The molecule has 9 heavy (non-hydrogen) atoms. The average Bonchev–Trinajstić information content (AvgIpc) is 1.89. The van der Waals surface area contributed by atoms with Crippen LogP contribution in [0.15, 0.2) is 12.7 Å². The molecule has 0 heterocycles. The largest absolute Gasteiger partial charge is 0.371 e. The highest BCUT2D eigenvalue weighted by Gasteiger charge is 2.17. The van der Waals surface area contributed by atoms with Gasteiger partial charge in [-0.15, -0.1) is 6.58 Å². The van der Waals surface area contributed by atoms with Gasteiger partial charge in [-0.1, -0.05) is 22.0 Å². The number of halogens is 1. The van der Waals surface area contributed by atoms with E-state index in [1.165, 1.54) is 0 Å². The molecule has 0 aromatic rings. The summed E-state index contributed by atoms with van der Waals surface area (Å²) in [4.78, 5) is 0. The van der Waals surface area contributed by atoms with Crippen LogP contribution in [0.5, 0.6) is 0 Å². The summed E-state index contributed by atoms with van der Waals surface area (Å²) >= 11 is 3.34. The summed E-state index contributed by atoms with van der Waals surface area (Å²) in [7, 11) is 0. The van der Waals surface area contributed by atoms with Crippen LogP contribution in [-0.2, 0) is 4.74 Å². The molecule has 0 amide bonds. The lowest BCUT2D eigenvalue weighted by molar-refractivity contribution is 0.0335. The maximum atomic E-state index is 5.36. The molecule has 0 aliphatic heterocycles. The predicted molar refractivity (Wildman–Crippen MR) is 44.0 cm³/mol. The van der Waals surface area contributed by atoms with E-state index in [9.17, 15) is 0 Å². The van der Waals surface area contributed by atoms with Crippen LogP contribution in [0.2, 0.25) is 0 Å². The monoisotopic (exact) mass is 192 g/mol. The normalized spacial score (nSPS) is 16.8. The van der Waals surface area contributed by atoms with Crippen LogP contribution in [0.1, 0.15) is 13.8 Å². The molecular formula is C7H13BrO. The second kappa shape index (κ2) is 4.07. The van der Waals surface area contributed by atoms with Crippen molar-refractivity contribution in [2.75, 3.05) is 11.9 Å². The van der Waals surface area contributed by atoms with E-state index in [0.717, 1.165) is 11.9 Å². The first-order valence-electron chi connectivity index (χ1n) is 3.02. The molecule has 54 valence electrons. The minimum absolute atomic E-state index is 0.186. The Kier molecular flexibility index (Phi) is 4.15. The van der Waals surface area contributed by atoms with Gasteiger partial charge in [0.2, 0.25) is 0 Å². The fourth-order valence-corrected chi connectivity index (χ4v) is 0.873. The number of ether oxygens (including phenoxy) is 1. The Labute approximate surface area is 65.2 Å². The lowest BCUT2D eigenvalue weighted by Gasteiger charge is -2.22. The molecule has 0 aromatic carbocycles. The first kappa shape index (κ1) is 9.18. The second-order valence-electron chi connectivity index (χ2n) is 2.08. The van der Waals surface area contributed by atoms with E-state index in [1.807, 2.05) is 19.9 Å². The first-order chi connectivity index (χ1) is 4.18. The van der Waals surface area contributed by atoms with Crippen molar-refractivity contribution in [3.8, 4) is 0 Å². The van der Waals surface area contributed by atoms with E-state index < -0.39 is 0 Å². The van der Waals surface area contributed by atoms with Crippen molar-refractivity contribution >= 4 is 15.9 Å². The molecule has 0 spiro atoms. The molecule has 1 nitrogen and oxygen atoms in total. The van der Waals surface area contributed by atoms with Gasteiger partial charge < -0.3 is 4.74 Å². The van der Waals surface area contributed by atoms with Crippen molar-refractivity contribution in [1.82, 2.24) is 0 Å². The fraction of sp³-hybridized carbons (Fsp3) is 0.714. The first-order valence-corrected chi connectivity index (χ1v) is 4.14. The lowest BCUT2D eigenvalue weighted by atomic mass is 10.1. The Balaban J connectivity index is 3.76. The number of hydrogen-bond acceptors (Lipinski definition) is 1. The van der Waals surface area contributed by atoms with Crippen LogP contribution in [0.25, 0.3) is 0 Å². The summed E-state index contributed by atoms with van der Waals surface area (Å²) in [6.45, 7) is 8.37. The summed E-state index contributed by atoms with van der Waals surface area (Å²) in [5, 5.41) is 0.803. The summed E-state index contributed by atoms with van der Waals surface area (Å²) in [5.74, 6) is 0. The Morgan fingerprint density at radius 2 is 2.33 bits per heavy atom. The van der Waals surface area contributed by atoms with Crippen LogP contribution in [-0.4, -0.2) is 17.5 Å². The molecule has 0 aliphatic carbocycles. The van der Waals surface area contributed by atoms with Crippen LogP contribution < -0.4 is 0 Å². The van der Waals surface area contributed by atoms with E-state index >= 15 is 0 Å². The smallest absolute Gasteiger partial charge is 0.0928 e. The zero-order chi connectivity index (χ0) is 7.33. The van der Waals surface area contributed by atoms with Crippen molar-refractivity contribution < 1.29 is 4.74 Å². The van der Waals surface area contributed by atoms with Crippen LogP contribution in [0.4, 0.5) is 0 Å². The quantitative estimate of drug-likeness (QED) is 0.492. The molecule has 0 aliphatic rings. The SMILES string of the molecule is C=CC(C)(CBr)OCC. The molecular weight excluding hydrogens is 180 g/mol. The van der Waals surface area contributed by atoms with Gasteiger partial charge in [0.15, 0.2) is 0 Å². The minimum atomic E-state index is -0.186.